The molecule has 1 aromatic carbocycles. The Morgan fingerprint density at radius 2 is 1.95 bits per heavy atom. The number of rotatable bonds is 4. The topological polar surface area (TPSA) is 139 Å². The van der Waals surface area contributed by atoms with E-state index >= 15 is 0 Å². The van der Waals surface area contributed by atoms with Crippen LogP contribution in [0.5, 0.6) is 0 Å². The number of aliphatic hydroxyl groups excluding tert-OH is 1. The third kappa shape index (κ3) is 2.40. The van der Waals surface area contributed by atoms with Crippen molar-refractivity contribution in [3.8, 4) is 0 Å². The van der Waals surface area contributed by atoms with E-state index in [1.165, 1.54) is 6.08 Å². The summed E-state index contributed by atoms with van der Waals surface area (Å²) in [4.78, 5) is 31.3. The molecular formula is C10H8N4O6. The lowest BCUT2D eigenvalue weighted by atomic mass is 10.2. The summed E-state index contributed by atoms with van der Waals surface area (Å²) < 4.78 is 0. The van der Waals surface area contributed by atoms with Crippen LogP contribution in [0.2, 0.25) is 0 Å². The van der Waals surface area contributed by atoms with E-state index in [1.54, 1.807) is 0 Å². The minimum absolute atomic E-state index is 0.142. The van der Waals surface area contributed by atoms with E-state index in [9.17, 15) is 30.1 Å². The van der Waals surface area contributed by atoms with Gasteiger partial charge in [-0.1, -0.05) is 0 Å². The second-order valence-corrected chi connectivity index (χ2v) is 3.81. The van der Waals surface area contributed by atoms with Gasteiger partial charge in [-0.15, -0.1) is 0 Å². The van der Waals surface area contributed by atoms with Gasteiger partial charge in [-0.25, -0.2) is 5.01 Å². The third-order valence-electron chi connectivity index (χ3n) is 2.54. The largest absolute Gasteiger partial charge is 0.368 e. The fourth-order valence-electron chi connectivity index (χ4n) is 1.60. The number of nitro groups is 2. The maximum Gasteiger partial charge on any atom is 0.300 e. The molecule has 0 aliphatic carbocycles. The average Bonchev–Trinajstić information content (AvgIpc) is 2.70. The van der Waals surface area contributed by atoms with Crippen LogP contribution in [0.1, 0.15) is 0 Å². The zero-order valence-corrected chi connectivity index (χ0v) is 9.79. The predicted molar refractivity (Wildman–Crippen MR) is 65.4 cm³/mol. The van der Waals surface area contributed by atoms with E-state index in [2.05, 4.69) is 5.43 Å². The molecule has 20 heavy (non-hydrogen) atoms. The number of benzene rings is 1. The number of hydrogen-bond donors (Lipinski definition) is 2. The molecular weight excluding hydrogens is 272 g/mol. The molecule has 0 spiro atoms. The van der Waals surface area contributed by atoms with Gasteiger partial charge in [0.15, 0.2) is 6.23 Å². The van der Waals surface area contributed by atoms with Gasteiger partial charge >= 0.3 is 5.69 Å². The molecule has 1 amide bonds. The van der Waals surface area contributed by atoms with Gasteiger partial charge in [0.2, 0.25) is 0 Å². The minimum atomic E-state index is -1.27. The van der Waals surface area contributed by atoms with Crippen LogP contribution >= 0.6 is 0 Å². The number of nitro benzene ring substituents is 2. The van der Waals surface area contributed by atoms with Crippen molar-refractivity contribution in [2.45, 2.75) is 6.23 Å². The molecule has 0 fully saturated rings. The SMILES string of the molecule is O=C1C=CC(O)N1Nc1ccc([N+](=O)[O-])cc1[N+](=O)[O-]. The fourth-order valence-corrected chi connectivity index (χ4v) is 1.60. The Kier molecular flexibility index (Phi) is 3.31. The molecule has 1 unspecified atom stereocenters. The van der Waals surface area contributed by atoms with Crippen molar-refractivity contribution in [2.24, 2.45) is 0 Å². The van der Waals surface area contributed by atoms with Crippen molar-refractivity contribution < 1.29 is 19.7 Å². The molecule has 1 aromatic rings. The van der Waals surface area contributed by atoms with E-state index < -0.39 is 33.4 Å². The summed E-state index contributed by atoms with van der Waals surface area (Å²) in [7, 11) is 0. The second-order valence-electron chi connectivity index (χ2n) is 3.81. The van der Waals surface area contributed by atoms with Crippen molar-refractivity contribution in [1.82, 2.24) is 5.01 Å². The van der Waals surface area contributed by atoms with Crippen LogP contribution < -0.4 is 5.43 Å². The summed E-state index contributed by atoms with van der Waals surface area (Å²) in [5, 5.41) is 31.7. The lowest BCUT2D eigenvalue weighted by molar-refractivity contribution is -0.393. The zero-order chi connectivity index (χ0) is 14.9. The van der Waals surface area contributed by atoms with Crippen molar-refractivity contribution >= 4 is 23.0 Å². The number of hydrazine groups is 1. The summed E-state index contributed by atoms with van der Waals surface area (Å²) in [6.45, 7) is 0. The highest BCUT2D eigenvalue weighted by Gasteiger charge is 2.27. The van der Waals surface area contributed by atoms with Gasteiger partial charge in [-0.2, -0.15) is 0 Å². The van der Waals surface area contributed by atoms with Gasteiger partial charge in [0.1, 0.15) is 5.69 Å². The molecule has 0 aromatic heterocycles. The van der Waals surface area contributed by atoms with Crippen molar-refractivity contribution in [2.75, 3.05) is 5.43 Å². The second kappa shape index (κ2) is 4.93. The number of anilines is 1. The van der Waals surface area contributed by atoms with E-state index in [4.69, 9.17) is 0 Å². The third-order valence-corrected chi connectivity index (χ3v) is 2.54. The average molecular weight is 280 g/mol. The molecule has 0 radical (unpaired) electrons. The molecule has 104 valence electrons. The van der Waals surface area contributed by atoms with Crippen LogP contribution in [0.4, 0.5) is 17.1 Å². The maximum atomic E-state index is 11.4. The van der Waals surface area contributed by atoms with Crippen LogP contribution in [-0.4, -0.2) is 32.1 Å². The normalized spacial score (nSPS) is 17.4. The van der Waals surface area contributed by atoms with Gasteiger partial charge in [0.05, 0.1) is 15.9 Å². The Bertz CT molecular complexity index is 628. The highest BCUT2D eigenvalue weighted by molar-refractivity contribution is 5.91. The molecule has 2 N–H and O–H groups in total. The van der Waals surface area contributed by atoms with E-state index in [-0.39, 0.29) is 5.69 Å². The summed E-state index contributed by atoms with van der Waals surface area (Å²) in [6, 6.07) is 2.91. The molecule has 10 nitrogen and oxygen atoms in total. The monoisotopic (exact) mass is 280 g/mol. The summed E-state index contributed by atoms with van der Waals surface area (Å²) in [6.07, 6.45) is 1.01. The first-order chi connectivity index (χ1) is 9.40. The highest BCUT2D eigenvalue weighted by atomic mass is 16.6. The molecule has 0 saturated heterocycles. The maximum absolute atomic E-state index is 11.4. The molecule has 0 saturated carbocycles. The Morgan fingerprint density at radius 1 is 1.25 bits per heavy atom. The summed E-state index contributed by atoms with van der Waals surface area (Å²) in [5.41, 5.74) is 1.19. The van der Waals surface area contributed by atoms with Crippen molar-refractivity contribution in [3.63, 3.8) is 0 Å². The molecule has 1 aliphatic heterocycles. The first-order valence-electron chi connectivity index (χ1n) is 5.29. The molecule has 0 bridgehead atoms. The fraction of sp³-hybridized carbons (Fsp3) is 0.100. The number of hydrogen-bond acceptors (Lipinski definition) is 7. The first-order valence-corrected chi connectivity index (χ1v) is 5.29. The molecule has 1 atom stereocenters. The van der Waals surface area contributed by atoms with Gasteiger partial charge < -0.3 is 5.11 Å². The number of nitrogens with one attached hydrogen (secondary N) is 1. The number of aliphatic hydroxyl groups is 1. The lowest BCUT2D eigenvalue weighted by Gasteiger charge is -2.21. The van der Waals surface area contributed by atoms with Crippen molar-refractivity contribution in [1.29, 1.82) is 0 Å². The van der Waals surface area contributed by atoms with E-state index in [0.717, 1.165) is 29.3 Å². The molecule has 1 aliphatic rings. The summed E-state index contributed by atoms with van der Waals surface area (Å²) in [5.74, 6) is -0.592. The number of carbonyl (C=O) groups is 1. The zero-order valence-electron chi connectivity index (χ0n) is 9.79. The van der Waals surface area contributed by atoms with Crippen LogP contribution in [0.25, 0.3) is 0 Å². The quantitative estimate of drug-likeness (QED) is 0.606. The van der Waals surface area contributed by atoms with E-state index in [0.29, 0.717) is 0 Å². The smallest absolute Gasteiger partial charge is 0.300 e. The summed E-state index contributed by atoms with van der Waals surface area (Å²) >= 11 is 0. The van der Waals surface area contributed by atoms with Gasteiger partial charge in [-0.05, 0) is 12.1 Å². The van der Waals surface area contributed by atoms with Crippen LogP contribution in [0, 0.1) is 20.2 Å². The van der Waals surface area contributed by atoms with Gasteiger partial charge in [0.25, 0.3) is 11.6 Å². The van der Waals surface area contributed by atoms with Crippen LogP contribution in [-0.2, 0) is 4.79 Å². The lowest BCUT2D eigenvalue weighted by Crippen LogP contribution is -2.38. The Morgan fingerprint density at radius 3 is 2.45 bits per heavy atom. The van der Waals surface area contributed by atoms with Gasteiger partial charge in [-0.3, -0.25) is 30.4 Å². The first kappa shape index (κ1) is 13.4. The van der Waals surface area contributed by atoms with E-state index in [1.807, 2.05) is 0 Å². The molecule has 2 rings (SSSR count). The standard InChI is InChI=1S/C10H8N4O6/c15-9-3-4-10(16)12(9)11-7-2-1-6(13(17)18)5-8(7)14(19)20/h1-5,9,11,15H. The number of nitrogens with zero attached hydrogens (tertiary/aromatic N) is 3. The Labute approximate surface area is 111 Å². The van der Waals surface area contributed by atoms with Crippen LogP contribution in [0.15, 0.2) is 30.4 Å². The predicted octanol–water partition coefficient (Wildman–Crippen LogP) is 0.547. The molecule has 10 heteroatoms. The minimum Gasteiger partial charge on any atom is -0.368 e. The van der Waals surface area contributed by atoms with Gasteiger partial charge in [0, 0.05) is 12.1 Å². The Hall–Kier alpha value is -3.01. The number of non-ortho nitro benzene ring substituents is 1. The van der Waals surface area contributed by atoms with Crippen LogP contribution in [0.3, 0.4) is 0 Å². The van der Waals surface area contributed by atoms with Crippen molar-refractivity contribution in [3.05, 3.63) is 50.6 Å². The number of amides is 1. The molecule has 1 heterocycles. The Balaban J connectivity index is 2.34. The number of carbonyl (C=O) groups excluding carboxylic acids is 1. The highest BCUT2D eigenvalue weighted by Crippen LogP contribution is 2.30.